The number of hydrogen-bond donors (Lipinski definition) is 2. The summed E-state index contributed by atoms with van der Waals surface area (Å²) >= 11 is 7.65. The fourth-order valence-corrected chi connectivity index (χ4v) is 2.46. The molecule has 0 aliphatic rings. The topological polar surface area (TPSA) is 164 Å². The minimum Gasteiger partial charge on any atom is -0.383 e. The van der Waals surface area contributed by atoms with E-state index in [2.05, 4.69) is 21.8 Å². The number of anilines is 2. The Bertz CT molecular complexity index is 1160. The highest BCUT2D eigenvalue weighted by molar-refractivity contribution is 14.1. The molecule has 152 valence electrons. The summed E-state index contributed by atoms with van der Waals surface area (Å²) in [6.45, 7) is 0. The third kappa shape index (κ3) is 6.54. The Hall–Kier alpha value is -3.50. The molecule has 1 aromatic carbocycles. The minimum absolute atomic E-state index is 0.0383. The van der Waals surface area contributed by atoms with E-state index < -0.39 is 9.85 Å². The highest BCUT2D eigenvalue weighted by Crippen LogP contribution is 2.18. The molecule has 3 rings (SSSR count). The average Bonchev–Trinajstić information content (AvgIpc) is 2.71. The first-order valence-electron chi connectivity index (χ1n) is 7.90. The second-order valence-electron chi connectivity index (χ2n) is 5.46. The van der Waals surface area contributed by atoms with Crippen molar-refractivity contribution in [3.8, 4) is 11.8 Å². The standard InChI is InChI=1S/C13H8ClN3O2.C5H4IN3O2/c14-11-5-2-9(3-6-11)1-4-10-7-12(17(18)19)8-16-13(10)15;6-4-1-3(9(10)11)2-8-5(4)7/h2-3,5-8H,(H2,15,16);1-2H,(H2,7,8). The summed E-state index contributed by atoms with van der Waals surface area (Å²) in [6.07, 6.45) is 2.24. The van der Waals surface area contributed by atoms with Gasteiger partial charge in [0.05, 0.1) is 19.0 Å². The third-order valence-corrected chi connectivity index (χ3v) is 4.48. The Morgan fingerprint density at radius 3 is 1.97 bits per heavy atom. The normalized spacial score (nSPS) is 9.53. The van der Waals surface area contributed by atoms with E-state index in [-0.39, 0.29) is 17.2 Å². The van der Waals surface area contributed by atoms with Crippen molar-refractivity contribution >= 4 is 57.2 Å². The highest BCUT2D eigenvalue weighted by Gasteiger charge is 2.09. The lowest BCUT2D eigenvalue weighted by Crippen LogP contribution is -1.97. The maximum Gasteiger partial charge on any atom is 0.288 e. The molecule has 0 aliphatic heterocycles. The van der Waals surface area contributed by atoms with Crippen LogP contribution in [0.15, 0.2) is 48.8 Å². The number of hydrogen-bond acceptors (Lipinski definition) is 8. The first kappa shape index (κ1) is 22.8. The summed E-state index contributed by atoms with van der Waals surface area (Å²) < 4.78 is 0.594. The van der Waals surface area contributed by atoms with Crippen molar-refractivity contribution < 1.29 is 9.85 Å². The first-order chi connectivity index (χ1) is 14.2. The van der Waals surface area contributed by atoms with Gasteiger partial charge in [0.2, 0.25) is 0 Å². The lowest BCUT2D eigenvalue weighted by molar-refractivity contribution is -0.385. The summed E-state index contributed by atoms with van der Waals surface area (Å²) in [7, 11) is 0. The first-order valence-corrected chi connectivity index (χ1v) is 9.36. The van der Waals surface area contributed by atoms with Crippen molar-refractivity contribution in [1.82, 2.24) is 9.97 Å². The van der Waals surface area contributed by atoms with Crippen LogP contribution in [0.5, 0.6) is 0 Å². The molecule has 12 heteroatoms. The fraction of sp³-hybridized carbons (Fsp3) is 0. The Morgan fingerprint density at radius 1 is 0.900 bits per heavy atom. The number of halogens is 2. The summed E-state index contributed by atoms with van der Waals surface area (Å²) in [5, 5.41) is 21.4. The van der Waals surface area contributed by atoms with Gasteiger partial charge in [0.1, 0.15) is 24.0 Å². The minimum atomic E-state index is -0.542. The van der Waals surface area contributed by atoms with Crippen molar-refractivity contribution in [2.45, 2.75) is 0 Å². The van der Waals surface area contributed by atoms with E-state index >= 15 is 0 Å². The van der Waals surface area contributed by atoms with Gasteiger partial charge in [-0.05, 0) is 46.9 Å². The lowest BCUT2D eigenvalue weighted by Gasteiger charge is -1.96. The quantitative estimate of drug-likeness (QED) is 0.215. The Morgan fingerprint density at radius 2 is 1.43 bits per heavy atom. The monoisotopic (exact) mass is 538 g/mol. The predicted molar refractivity (Wildman–Crippen MR) is 121 cm³/mol. The van der Waals surface area contributed by atoms with Crippen molar-refractivity contribution in [3.63, 3.8) is 0 Å². The van der Waals surface area contributed by atoms with E-state index in [1.165, 1.54) is 12.1 Å². The van der Waals surface area contributed by atoms with Crippen LogP contribution in [0, 0.1) is 35.6 Å². The Kier molecular flexibility index (Phi) is 7.84. The van der Waals surface area contributed by atoms with E-state index in [9.17, 15) is 20.2 Å². The van der Waals surface area contributed by atoms with Gasteiger partial charge in [0, 0.05) is 22.7 Å². The summed E-state index contributed by atoms with van der Waals surface area (Å²) in [5.41, 5.74) is 11.8. The number of nitrogens with two attached hydrogens (primary N) is 2. The van der Waals surface area contributed by atoms with E-state index in [0.717, 1.165) is 18.0 Å². The van der Waals surface area contributed by atoms with Crippen LogP contribution in [0.4, 0.5) is 23.0 Å². The SMILES string of the molecule is Nc1ncc([N+](=O)[O-])cc1C#Cc1ccc(Cl)cc1.Nc1ncc([N+](=O)[O-])cc1I. The van der Waals surface area contributed by atoms with Gasteiger partial charge < -0.3 is 11.5 Å². The third-order valence-electron chi connectivity index (χ3n) is 3.37. The molecule has 10 nitrogen and oxygen atoms in total. The lowest BCUT2D eigenvalue weighted by atomic mass is 10.2. The van der Waals surface area contributed by atoms with E-state index in [1.54, 1.807) is 24.3 Å². The van der Waals surface area contributed by atoms with E-state index in [1.807, 2.05) is 22.6 Å². The van der Waals surface area contributed by atoms with Gasteiger partial charge in [0.15, 0.2) is 0 Å². The molecule has 0 fully saturated rings. The van der Waals surface area contributed by atoms with Crippen LogP contribution in [0.3, 0.4) is 0 Å². The Balaban J connectivity index is 0.000000248. The van der Waals surface area contributed by atoms with Crippen molar-refractivity contribution in [2.24, 2.45) is 0 Å². The molecule has 30 heavy (non-hydrogen) atoms. The van der Waals surface area contributed by atoms with Crippen LogP contribution < -0.4 is 11.5 Å². The van der Waals surface area contributed by atoms with Crippen molar-refractivity contribution in [1.29, 1.82) is 0 Å². The van der Waals surface area contributed by atoms with Gasteiger partial charge in [-0.1, -0.05) is 23.4 Å². The number of nitrogens with zero attached hydrogens (tertiary/aromatic N) is 4. The van der Waals surface area contributed by atoms with Crippen LogP contribution in [0.2, 0.25) is 5.02 Å². The smallest absolute Gasteiger partial charge is 0.288 e. The van der Waals surface area contributed by atoms with Crippen LogP contribution in [0.25, 0.3) is 0 Å². The largest absolute Gasteiger partial charge is 0.383 e. The van der Waals surface area contributed by atoms with Crippen LogP contribution in [-0.4, -0.2) is 19.8 Å². The zero-order valence-electron chi connectivity index (χ0n) is 15.0. The Labute approximate surface area is 188 Å². The number of pyridine rings is 2. The molecule has 0 aliphatic carbocycles. The molecule has 0 radical (unpaired) electrons. The molecule has 0 unspecified atom stereocenters. The molecule has 4 N–H and O–H groups in total. The predicted octanol–water partition coefficient (Wildman–Crippen LogP) is 3.80. The maximum atomic E-state index is 10.6. The number of rotatable bonds is 2. The summed E-state index contributed by atoms with van der Waals surface area (Å²) in [4.78, 5) is 27.1. The van der Waals surface area contributed by atoms with Gasteiger partial charge in [-0.25, -0.2) is 9.97 Å². The number of nitrogen functional groups attached to an aromatic ring is 2. The number of aromatic nitrogens is 2. The molecule has 0 bridgehead atoms. The molecule has 0 atom stereocenters. The highest BCUT2D eigenvalue weighted by atomic mass is 127. The van der Waals surface area contributed by atoms with Crippen LogP contribution >= 0.6 is 34.2 Å². The molecule has 0 spiro atoms. The zero-order chi connectivity index (χ0) is 22.3. The molecule has 3 aromatic rings. The molecule has 0 amide bonds. The summed E-state index contributed by atoms with van der Waals surface area (Å²) in [6, 6.07) is 9.59. The van der Waals surface area contributed by atoms with Crippen LogP contribution in [0.1, 0.15) is 11.1 Å². The maximum absolute atomic E-state index is 10.6. The van der Waals surface area contributed by atoms with E-state index in [4.69, 9.17) is 23.1 Å². The second kappa shape index (κ2) is 10.3. The average molecular weight is 539 g/mol. The molecular weight excluding hydrogens is 527 g/mol. The second-order valence-corrected chi connectivity index (χ2v) is 7.06. The fourth-order valence-electron chi connectivity index (χ4n) is 1.88. The van der Waals surface area contributed by atoms with Gasteiger partial charge in [0.25, 0.3) is 11.4 Å². The van der Waals surface area contributed by atoms with Gasteiger partial charge in [-0.15, -0.1) is 0 Å². The van der Waals surface area contributed by atoms with Crippen molar-refractivity contribution in [2.75, 3.05) is 11.5 Å². The molecule has 0 saturated heterocycles. The number of nitro groups is 2. The molecular formula is C18H12ClIN6O4. The van der Waals surface area contributed by atoms with Gasteiger partial charge in [-0.3, -0.25) is 20.2 Å². The number of benzene rings is 1. The van der Waals surface area contributed by atoms with Crippen molar-refractivity contribution in [3.05, 3.63) is 88.7 Å². The zero-order valence-corrected chi connectivity index (χ0v) is 17.9. The van der Waals surface area contributed by atoms with Gasteiger partial charge >= 0.3 is 0 Å². The van der Waals surface area contributed by atoms with E-state index in [0.29, 0.717) is 20.0 Å². The molecule has 2 heterocycles. The molecule has 2 aromatic heterocycles. The van der Waals surface area contributed by atoms with Crippen LogP contribution in [-0.2, 0) is 0 Å². The summed E-state index contributed by atoms with van der Waals surface area (Å²) in [5.74, 6) is 6.08. The van der Waals surface area contributed by atoms with Gasteiger partial charge in [-0.2, -0.15) is 0 Å². The molecule has 0 saturated carbocycles.